The van der Waals surface area contributed by atoms with Crippen LogP contribution in [0.3, 0.4) is 0 Å². The van der Waals surface area contributed by atoms with Gasteiger partial charge in [0.1, 0.15) is 5.75 Å². The highest BCUT2D eigenvalue weighted by atomic mass is 16.5. The quantitative estimate of drug-likeness (QED) is 0.784. The molecule has 26 heavy (non-hydrogen) atoms. The summed E-state index contributed by atoms with van der Waals surface area (Å²) < 4.78 is 5.73. The van der Waals surface area contributed by atoms with Gasteiger partial charge in [-0.25, -0.2) is 0 Å². The maximum atomic E-state index is 12.3. The van der Waals surface area contributed by atoms with E-state index in [9.17, 15) is 9.59 Å². The lowest BCUT2D eigenvalue weighted by atomic mass is 9.87. The van der Waals surface area contributed by atoms with E-state index < -0.39 is 5.97 Å². The molecule has 1 amide bonds. The maximum Gasteiger partial charge on any atom is 0.306 e. The van der Waals surface area contributed by atoms with Crippen LogP contribution in [0.1, 0.15) is 52.5 Å². The molecule has 0 bridgehead atoms. The van der Waals surface area contributed by atoms with Crippen molar-refractivity contribution in [2.45, 2.75) is 52.4 Å². The summed E-state index contributed by atoms with van der Waals surface area (Å²) in [5.74, 6) is -0.176. The van der Waals surface area contributed by atoms with E-state index in [0.29, 0.717) is 39.0 Å². The molecule has 1 saturated heterocycles. The minimum atomic E-state index is -0.754. The highest BCUT2D eigenvalue weighted by Crippen LogP contribution is 2.25. The smallest absolute Gasteiger partial charge is 0.306 e. The van der Waals surface area contributed by atoms with E-state index in [1.54, 1.807) is 4.90 Å². The van der Waals surface area contributed by atoms with Gasteiger partial charge in [-0.15, -0.1) is 0 Å². The lowest BCUT2D eigenvalue weighted by molar-refractivity contribution is -0.148. The molecule has 1 heterocycles. The molecule has 2 rings (SSSR count). The van der Waals surface area contributed by atoms with Crippen molar-refractivity contribution in [3.8, 4) is 5.75 Å². The number of carboxylic acid groups (broad SMARTS) is 1. The molecule has 1 aliphatic rings. The van der Waals surface area contributed by atoms with Gasteiger partial charge in [0.25, 0.3) is 0 Å². The van der Waals surface area contributed by atoms with Gasteiger partial charge < -0.3 is 14.7 Å². The molecule has 1 aromatic carbocycles. The van der Waals surface area contributed by atoms with Crippen LogP contribution in [-0.4, -0.2) is 41.6 Å². The summed E-state index contributed by atoms with van der Waals surface area (Å²) >= 11 is 0. The van der Waals surface area contributed by atoms with E-state index in [-0.39, 0.29) is 23.2 Å². The number of ether oxygens (including phenoxy) is 1. The van der Waals surface area contributed by atoms with E-state index in [0.717, 1.165) is 5.75 Å². The van der Waals surface area contributed by atoms with Crippen LogP contribution in [0.25, 0.3) is 0 Å². The van der Waals surface area contributed by atoms with Gasteiger partial charge in [0, 0.05) is 19.5 Å². The summed E-state index contributed by atoms with van der Waals surface area (Å²) in [6, 6.07) is 8.10. The van der Waals surface area contributed by atoms with Gasteiger partial charge in [-0.2, -0.15) is 0 Å². The third-order valence-corrected chi connectivity index (χ3v) is 5.10. The van der Waals surface area contributed by atoms with Crippen molar-refractivity contribution < 1.29 is 19.4 Å². The fourth-order valence-electron chi connectivity index (χ4n) is 3.36. The molecule has 2 atom stereocenters. The van der Waals surface area contributed by atoms with Crippen LogP contribution in [0, 0.1) is 11.8 Å². The molecule has 0 radical (unpaired) electrons. The lowest BCUT2D eigenvalue weighted by Crippen LogP contribution is -2.45. The van der Waals surface area contributed by atoms with Crippen molar-refractivity contribution in [1.82, 2.24) is 4.90 Å². The Balaban J connectivity index is 1.71. The molecule has 0 saturated carbocycles. The van der Waals surface area contributed by atoms with Gasteiger partial charge in [0.05, 0.1) is 12.5 Å². The predicted octanol–water partition coefficient (Wildman–Crippen LogP) is 3.71. The molecular formula is C21H31NO4. The molecule has 5 heteroatoms. The second-order valence-electron chi connectivity index (χ2n) is 8.28. The summed E-state index contributed by atoms with van der Waals surface area (Å²) in [7, 11) is 0. The van der Waals surface area contributed by atoms with E-state index in [4.69, 9.17) is 9.84 Å². The van der Waals surface area contributed by atoms with Gasteiger partial charge in [0.15, 0.2) is 0 Å². The first-order valence-corrected chi connectivity index (χ1v) is 9.42. The number of hydrogen-bond donors (Lipinski definition) is 1. The van der Waals surface area contributed by atoms with Crippen molar-refractivity contribution >= 4 is 11.9 Å². The number of amides is 1. The van der Waals surface area contributed by atoms with Crippen LogP contribution in [0.2, 0.25) is 0 Å². The first kappa shape index (κ1) is 20.3. The Morgan fingerprint density at radius 1 is 1.23 bits per heavy atom. The van der Waals surface area contributed by atoms with Gasteiger partial charge >= 0.3 is 5.97 Å². The lowest BCUT2D eigenvalue weighted by Gasteiger charge is -2.35. The van der Waals surface area contributed by atoms with Crippen molar-refractivity contribution in [2.24, 2.45) is 11.8 Å². The standard InChI is InChI=1S/C21H31NO4/c1-15-14-22(12-11-18(15)20(24)25)19(23)6-5-13-26-17-9-7-16(8-10-17)21(2,3)4/h7-10,15,18H,5-6,11-14H2,1-4H3,(H,24,25). The summed E-state index contributed by atoms with van der Waals surface area (Å²) in [5, 5.41) is 9.16. The number of piperidine rings is 1. The van der Waals surface area contributed by atoms with Crippen molar-refractivity contribution in [2.75, 3.05) is 19.7 Å². The van der Waals surface area contributed by atoms with Crippen molar-refractivity contribution in [3.05, 3.63) is 29.8 Å². The van der Waals surface area contributed by atoms with Gasteiger partial charge in [0.2, 0.25) is 5.91 Å². The number of benzene rings is 1. The third-order valence-electron chi connectivity index (χ3n) is 5.10. The third kappa shape index (κ3) is 5.48. The number of nitrogens with zero attached hydrogens (tertiary/aromatic N) is 1. The molecule has 1 aliphatic heterocycles. The molecule has 0 aliphatic carbocycles. The number of likely N-dealkylation sites (tertiary alicyclic amines) is 1. The van der Waals surface area contributed by atoms with E-state index in [1.807, 2.05) is 19.1 Å². The highest BCUT2D eigenvalue weighted by Gasteiger charge is 2.32. The first-order chi connectivity index (χ1) is 12.2. The maximum absolute atomic E-state index is 12.3. The fourth-order valence-corrected chi connectivity index (χ4v) is 3.36. The topological polar surface area (TPSA) is 66.8 Å². The summed E-state index contributed by atoms with van der Waals surface area (Å²) in [6.45, 7) is 10.0. The Kier molecular flexibility index (Phi) is 6.68. The second-order valence-corrected chi connectivity index (χ2v) is 8.28. The Hall–Kier alpha value is -2.04. The van der Waals surface area contributed by atoms with Crippen LogP contribution in [0.5, 0.6) is 5.75 Å². The number of carbonyl (C=O) groups is 2. The van der Waals surface area contributed by atoms with Crippen LogP contribution in [0.4, 0.5) is 0 Å². The van der Waals surface area contributed by atoms with Crippen LogP contribution >= 0.6 is 0 Å². The van der Waals surface area contributed by atoms with E-state index in [1.165, 1.54) is 5.56 Å². The Labute approximate surface area is 156 Å². The largest absolute Gasteiger partial charge is 0.494 e. The summed E-state index contributed by atoms with van der Waals surface area (Å²) in [4.78, 5) is 25.2. The van der Waals surface area contributed by atoms with Crippen molar-refractivity contribution in [3.63, 3.8) is 0 Å². The van der Waals surface area contributed by atoms with Gasteiger partial charge in [-0.05, 0) is 41.9 Å². The average molecular weight is 361 g/mol. The normalized spacial score (nSPS) is 20.7. The van der Waals surface area contributed by atoms with Crippen LogP contribution < -0.4 is 4.74 Å². The highest BCUT2D eigenvalue weighted by molar-refractivity contribution is 5.77. The average Bonchev–Trinajstić information content (AvgIpc) is 2.57. The summed E-state index contributed by atoms with van der Waals surface area (Å²) in [5.41, 5.74) is 1.38. The molecular weight excluding hydrogens is 330 g/mol. The molecule has 0 spiro atoms. The number of rotatable bonds is 6. The molecule has 144 valence electrons. The predicted molar refractivity (Wildman–Crippen MR) is 101 cm³/mol. The van der Waals surface area contributed by atoms with E-state index >= 15 is 0 Å². The number of carboxylic acids is 1. The Bertz CT molecular complexity index is 618. The van der Waals surface area contributed by atoms with Gasteiger partial charge in [-0.1, -0.05) is 39.8 Å². The molecule has 2 unspecified atom stereocenters. The Morgan fingerprint density at radius 3 is 2.42 bits per heavy atom. The second kappa shape index (κ2) is 8.56. The minimum Gasteiger partial charge on any atom is -0.494 e. The molecule has 1 N–H and O–H groups in total. The molecule has 1 fully saturated rings. The SMILES string of the molecule is CC1CN(C(=O)CCCOc2ccc(C(C)(C)C)cc2)CCC1C(=O)O. The minimum absolute atomic E-state index is 0.00257. The number of carbonyl (C=O) groups excluding carboxylic acids is 1. The molecule has 0 aromatic heterocycles. The fraction of sp³-hybridized carbons (Fsp3) is 0.619. The zero-order valence-electron chi connectivity index (χ0n) is 16.3. The zero-order valence-corrected chi connectivity index (χ0v) is 16.3. The number of aliphatic carboxylic acids is 1. The number of hydrogen-bond acceptors (Lipinski definition) is 3. The first-order valence-electron chi connectivity index (χ1n) is 9.42. The van der Waals surface area contributed by atoms with Gasteiger partial charge in [-0.3, -0.25) is 9.59 Å². The molecule has 1 aromatic rings. The summed E-state index contributed by atoms with van der Waals surface area (Å²) in [6.07, 6.45) is 1.64. The van der Waals surface area contributed by atoms with Crippen LogP contribution in [-0.2, 0) is 15.0 Å². The monoisotopic (exact) mass is 361 g/mol. The zero-order chi connectivity index (χ0) is 19.3. The van der Waals surface area contributed by atoms with E-state index in [2.05, 4.69) is 32.9 Å². The Morgan fingerprint density at radius 2 is 1.88 bits per heavy atom. The van der Waals surface area contributed by atoms with Crippen molar-refractivity contribution in [1.29, 1.82) is 0 Å². The van der Waals surface area contributed by atoms with Crippen LogP contribution in [0.15, 0.2) is 24.3 Å². The molecule has 5 nitrogen and oxygen atoms in total.